The molecule has 17 heavy (non-hydrogen) atoms. The molecule has 1 aliphatic rings. The number of aryl methyl sites for hydroxylation is 1. The van der Waals surface area contributed by atoms with Gasteiger partial charge in [0, 0.05) is 4.47 Å². The molecule has 92 valence electrons. The first-order chi connectivity index (χ1) is 7.88. The summed E-state index contributed by atoms with van der Waals surface area (Å²) in [5.74, 6) is 0. The topological polar surface area (TPSA) is 29.4 Å². The van der Waals surface area contributed by atoms with Gasteiger partial charge in [-0.15, -0.1) is 0 Å². The van der Waals surface area contributed by atoms with Crippen LogP contribution in [0.4, 0.5) is 0 Å². The highest BCUT2D eigenvalue weighted by atomic mass is 79.9. The third-order valence-electron chi connectivity index (χ3n) is 2.73. The van der Waals surface area contributed by atoms with Crippen LogP contribution in [0.3, 0.4) is 0 Å². The second kappa shape index (κ2) is 4.65. The molecule has 0 spiro atoms. The van der Waals surface area contributed by atoms with Gasteiger partial charge in [-0.1, -0.05) is 22.0 Å². The fourth-order valence-corrected chi connectivity index (χ4v) is 2.84. The maximum Gasteiger partial charge on any atom is 0.145 e. The van der Waals surface area contributed by atoms with Gasteiger partial charge in [0.05, 0.1) is 10.5 Å². The van der Waals surface area contributed by atoms with E-state index in [1.54, 1.807) is 0 Å². The molecule has 0 bridgehead atoms. The number of halogens is 1. The summed E-state index contributed by atoms with van der Waals surface area (Å²) in [6.45, 7) is 5.85. The Labute approximate surface area is 113 Å². The molecule has 1 aliphatic carbocycles. The zero-order valence-electron chi connectivity index (χ0n) is 10.3. The molecule has 1 aromatic carbocycles. The molecule has 0 N–H and O–H groups in total. The Morgan fingerprint density at radius 3 is 2.65 bits per heavy atom. The summed E-state index contributed by atoms with van der Waals surface area (Å²) in [5.41, 5.74) is 3.44. The van der Waals surface area contributed by atoms with Gasteiger partial charge in [-0.2, -0.15) is 4.40 Å². The van der Waals surface area contributed by atoms with Crippen molar-refractivity contribution in [2.24, 2.45) is 4.40 Å². The highest BCUT2D eigenvalue weighted by Crippen LogP contribution is 2.27. The van der Waals surface area contributed by atoms with Gasteiger partial charge in [0.2, 0.25) is 0 Å². The van der Waals surface area contributed by atoms with Crippen molar-refractivity contribution in [1.82, 2.24) is 0 Å². The SMILES string of the molecule is CC(C)(C)[S@](=O)/N=C1\CCc2cc(Br)ccc21. The van der Waals surface area contributed by atoms with E-state index in [1.165, 1.54) is 5.56 Å². The highest BCUT2D eigenvalue weighted by Gasteiger charge is 2.23. The van der Waals surface area contributed by atoms with E-state index in [9.17, 15) is 4.21 Å². The molecule has 0 aliphatic heterocycles. The fourth-order valence-electron chi connectivity index (χ4n) is 1.77. The number of hydrogen-bond donors (Lipinski definition) is 0. The summed E-state index contributed by atoms with van der Waals surface area (Å²) in [4.78, 5) is 0. The van der Waals surface area contributed by atoms with E-state index in [4.69, 9.17) is 0 Å². The van der Waals surface area contributed by atoms with E-state index in [0.29, 0.717) is 0 Å². The van der Waals surface area contributed by atoms with Gasteiger partial charge in [0.15, 0.2) is 0 Å². The van der Waals surface area contributed by atoms with Crippen LogP contribution in [0.2, 0.25) is 0 Å². The monoisotopic (exact) mass is 313 g/mol. The van der Waals surface area contributed by atoms with Crippen LogP contribution in [0.1, 0.15) is 38.3 Å². The first-order valence-electron chi connectivity index (χ1n) is 5.66. The molecule has 0 aromatic heterocycles. The Balaban J connectivity index is 2.34. The number of fused-ring (bicyclic) bond motifs is 1. The minimum atomic E-state index is -1.16. The molecule has 1 aromatic rings. The lowest BCUT2D eigenvalue weighted by Crippen LogP contribution is -2.20. The second-order valence-electron chi connectivity index (χ2n) is 5.20. The zero-order valence-corrected chi connectivity index (χ0v) is 12.7. The molecule has 0 saturated heterocycles. The van der Waals surface area contributed by atoms with Gasteiger partial charge in [-0.25, -0.2) is 4.21 Å². The van der Waals surface area contributed by atoms with Gasteiger partial charge in [0.25, 0.3) is 0 Å². The lowest BCUT2D eigenvalue weighted by Gasteiger charge is -2.14. The van der Waals surface area contributed by atoms with Crippen LogP contribution in [-0.2, 0) is 17.4 Å². The Kier molecular flexibility index (Phi) is 3.55. The smallest absolute Gasteiger partial charge is 0.145 e. The molecule has 2 rings (SSSR count). The average Bonchev–Trinajstić information content (AvgIpc) is 2.59. The summed E-state index contributed by atoms with van der Waals surface area (Å²) in [5, 5.41) is 0. The van der Waals surface area contributed by atoms with E-state index < -0.39 is 11.0 Å². The Bertz CT molecular complexity index is 503. The third-order valence-corrected chi connectivity index (χ3v) is 4.65. The molecule has 4 heteroatoms. The van der Waals surface area contributed by atoms with Gasteiger partial charge in [-0.3, -0.25) is 0 Å². The lowest BCUT2D eigenvalue weighted by molar-refractivity contribution is 0.650. The minimum Gasteiger partial charge on any atom is -0.234 e. The van der Waals surface area contributed by atoms with Crippen molar-refractivity contribution in [3.05, 3.63) is 33.8 Å². The van der Waals surface area contributed by atoms with E-state index in [2.05, 4.69) is 32.5 Å². The Morgan fingerprint density at radius 2 is 2.00 bits per heavy atom. The van der Waals surface area contributed by atoms with Gasteiger partial charge >= 0.3 is 0 Å². The van der Waals surface area contributed by atoms with E-state index in [-0.39, 0.29) is 4.75 Å². The summed E-state index contributed by atoms with van der Waals surface area (Å²) >= 11 is 3.47. The molecular formula is C13H16BrNOS. The average molecular weight is 314 g/mol. The zero-order chi connectivity index (χ0) is 12.6. The maximum absolute atomic E-state index is 12.0. The standard InChI is InChI=1S/C13H16BrNOS/c1-13(2,3)17(16)15-12-7-4-9-8-10(14)5-6-11(9)12/h5-6,8H,4,7H2,1-3H3/b15-12+/t17-/m0/s1. The van der Waals surface area contributed by atoms with Crippen LogP contribution in [0.5, 0.6) is 0 Å². The van der Waals surface area contributed by atoms with E-state index in [1.807, 2.05) is 26.8 Å². The second-order valence-corrected chi connectivity index (χ2v) is 8.02. The normalized spacial score (nSPS) is 19.4. The van der Waals surface area contributed by atoms with Crippen molar-refractivity contribution < 1.29 is 4.21 Å². The van der Waals surface area contributed by atoms with Crippen LogP contribution < -0.4 is 0 Å². The predicted octanol–water partition coefficient (Wildman–Crippen LogP) is 3.65. The maximum atomic E-state index is 12.0. The van der Waals surface area contributed by atoms with Crippen molar-refractivity contribution in [2.75, 3.05) is 0 Å². The molecule has 2 nitrogen and oxygen atoms in total. The molecule has 0 amide bonds. The highest BCUT2D eigenvalue weighted by molar-refractivity contribution is 9.10. The van der Waals surface area contributed by atoms with Crippen LogP contribution in [-0.4, -0.2) is 14.7 Å². The summed E-state index contributed by atoms with van der Waals surface area (Å²) in [6, 6.07) is 6.20. The first-order valence-corrected chi connectivity index (χ1v) is 7.56. The van der Waals surface area contributed by atoms with Crippen molar-refractivity contribution in [2.45, 2.75) is 38.4 Å². The quantitative estimate of drug-likeness (QED) is 0.778. The number of hydrogen-bond acceptors (Lipinski definition) is 1. The molecule has 0 saturated carbocycles. The van der Waals surface area contributed by atoms with Gasteiger partial charge in [0.1, 0.15) is 11.0 Å². The minimum absolute atomic E-state index is 0.287. The molecule has 0 fully saturated rings. The first kappa shape index (κ1) is 13.0. The van der Waals surface area contributed by atoms with Crippen molar-refractivity contribution in [3.63, 3.8) is 0 Å². The summed E-state index contributed by atoms with van der Waals surface area (Å²) in [6.07, 6.45) is 1.89. The van der Waals surface area contributed by atoms with Crippen LogP contribution in [0.25, 0.3) is 0 Å². The lowest BCUT2D eigenvalue weighted by atomic mass is 10.1. The molecule has 0 radical (unpaired) electrons. The van der Waals surface area contributed by atoms with Gasteiger partial charge in [-0.05, 0) is 56.9 Å². The van der Waals surface area contributed by atoms with Crippen molar-refractivity contribution >= 4 is 32.6 Å². The summed E-state index contributed by atoms with van der Waals surface area (Å²) in [7, 11) is -1.16. The van der Waals surface area contributed by atoms with Crippen LogP contribution >= 0.6 is 15.9 Å². The van der Waals surface area contributed by atoms with E-state index >= 15 is 0 Å². The van der Waals surface area contributed by atoms with Crippen LogP contribution in [0, 0.1) is 0 Å². The van der Waals surface area contributed by atoms with Crippen LogP contribution in [0.15, 0.2) is 27.1 Å². The number of rotatable bonds is 1. The fraction of sp³-hybridized carbons (Fsp3) is 0.462. The predicted molar refractivity (Wildman–Crippen MR) is 76.9 cm³/mol. The number of benzene rings is 1. The third kappa shape index (κ3) is 2.86. The van der Waals surface area contributed by atoms with Crippen molar-refractivity contribution in [3.8, 4) is 0 Å². The molecule has 0 heterocycles. The largest absolute Gasteiger partial charge is 0.234 e. The molecule has 1 atom stereocenters. The van der Waals surface area contributed by atoms with Crippen molar-refractivity contribution in [1.29, 1.82) is 0 Å². The Hall–Kier alpha value is -0.480. The number of nitrogens with zero attached hydrogens (tertiary/aromatic N) is 1. The molecule has 0 unspecified atom stereocenters. The van der Waals surface area contributed by atoms with E-state index in [0.717, 1.165) is 28.6 Å². The summed E-state index contributed by atoms with van der Waals surface area (Å²) < 4.78 is 17.2. The Morgan fingerprint density at radius 1 is 1.29 bits per heavy atom. The van der Waals surface area contributed by atoms with Gasteiger partial charge < -0.3 is 0 Å². The molecular weight excluding hydrogens is 298 g/mol.